The molecule has 7 nitrogen and oxygen atoms in total. The van der Waals surface area contributed by atoms with Crippen molar-refractivity contribution < 1.29 is 31.2 Å². The van der Waals surface area contributed by atoms with Gasteiger partial charge in [-0.1, -0.05) is 43.3 Å². The molecule has 0 spiro atoms. The number of nitrogens with one attached hydrogen (secondary N) is 1. The molecule has 0 bridgehead atoms. The van der Waals surface area contributed by atoms with E-state index in [0.717, 1.165) is 40.7 Å². The first-order valence-corrected chi connectivity index (χ1v) is 13.9. The van der Waals surface area contributed by atoms with Gasteiger partial charge < -0.3 is 10.2 Å². The number of anilines is 1. The summed E-state index contributed by atoms with van der Waals surface area (Å²) in [7, 11) is -3.92. The first-order chi connectivity index (χ1) is 17.2. The molecule has 0 aliphatic heterocycles. The summed E-state index contributed by atoms with van der Waals surface area (Å²) in [5.74, 6) is -0.673. The molecule has 0 unspecified atom stereocenters. The summed E-state index contributed by atoms with van der Waals surface area (Å²) >= 11 is 0. The number of amides is 2. The Balaban J connectivity index is 2.19. The maximum atomic E-state index is 13.2. The predicted octanol–water partition coefficient (Wildman–Crippen LogP) is 4.58. The highest BCUT2D eigenvalue weighted by atomic mass is 32.2. The van der Waals surface area contributed by atoms with Crippen LogP contribution in [0.15, 0.2) is 54.6 Å². The minimum Gasteiger partial charge on any atom is -0.352 e. The topological polar surface area (TPSA) is 86.8 Å². The summed E-state index contributed by atoms with van der Waals surface area (Å²) in [6.07, 6.45) is -3.05. The third-order valence-corrected chi connectivity index (χ3v) is 7.17. The summed E-state index contributed by atoms with van der Waals surface area (Å²) in [6.45, 7) is 5.41. The summed E-state index contributed by atoms with van der Waals surface area (Å²) < 4.78 is 65.0. The fourth-order valence-corrected chi connectivity index (χ4v) is 4.63. The molecule has 0 saturated carbocycles. The van der Waals surface area contributed by atoms with E-state index in [0.29, 0.717) is 0 Å². The Kier molecular flexibility index (Phi) is 10.5. The number of hydrogen-bond donors (Lipinski definition) is 1. The number of rotatable bonds is 12. The van der Waals surface area contributed by atoms with E-state index < -0.39 is 27.8 Å². The Bertz CT molecular complexity index is 1160. The summed E-state index contributed by atoms with van der Waals surface area (Å²) in [4.78, 5) is 27.4. The van der Waals surface area contributed by atoms with Gasteiger partial charge in [0.1, 0.15) is 6.04 Å². The molecule has 0 heterocycles. The second-order valence-corrected chi connectivity index (χ2v) is 10.9. The van der Waals surface area contributed by atoms with E-state index >= 15 is 0 Å². The van der Waals surface area contributed by atoms with Crippen LogP contribution in [-0.4, -0.2) is 50.0 Å². The standard InChI is InChI=1S/C26H34F3N3O4S/c1-5-19(2)30-25(34)20(3)31(18-21-11-7-6-8-12-21)24(33)15-10-16-32(37(4,35)36)23-14-9-13-22(17-23)26(27,28)29/h6-9,11-14,17,19-20H,5,10,15-16,18H2,1-4H3,(H,30,34)/t19-,20+/m1/s1. The number of carbonyl (C=O) groups is 2. The number of benzene rings is 2. The molecule has 0 saturated heterocycles. The second-order valence-electron chi connectivity index (χ2n) is 8.99. The van der Waals surface area contributed by atoms with Crippen LogP contribution in [0.2, 0.25) is 0 Å². The zero-order valence-electron chi connectivity index (χ0n) is 21.5. The van der Waals surface area contributed by atoms with E-state index in [1.807, 2.05) is 44.2 Å². The summed E-state index contributed by atoms with van der Waals surface area (Å²) in [5, 5.41) is 2.87. The van der Waals surface area contributed by atoms with Crippen LogP contribution in [0.4, 0.5) is 18.9 Å². The molecule has 2 atom stereocenters. The van der Waals surface area contributed by atoms with Crippen molar-refractivity contribution in [3.63, 3.8) is 0 Å². The van der Waals surface area contributed by atoms with E-state index in [1.54, 1.807) is 6.92 Å². The molecule has 204 valence electrons. The SMILES string of the molecule is CC[C@@H](C)NC(=O)[C@H](C)N(Cc1ccccc1)C(=O)CCCN(c1cccc(C(F)(F)F)c1)S(C)(=O)=O. The van der Waals surface area contributed by atoms with Crippen LogP contribution in [-0.2, 0) is 32.3 Å². The number of sulfonamides is 1. The highest BCUT2D eigenvalue weighted by molar-refractivity contribution is 7.92. The maximum absolute atomic E-state index is 13.2. The van der Waals surface area contributed by atoms with Gasteiger partial charge in [-0.25, -0.2) is 8.42 Å². The molecule has 1 N–H and O–H groups in total. The van der Waals surface area contributed by atoms with Crippen LogP contribution in [0.1, 0.15) is 51.2 Å². The van der Waals surface area contributed by atoms with Crippen molar-refractivity contribution in [2.75, 3.05) is 17.1 Å². The van der Waals surface area contributed by atoms with Crippen LogP contribution in [0.25, 0.3) is 0 Å². The lowest BCUT2D eigenvalue weighted by Crippen LogP contribution is -2.49. The third kappa shape index (κ3) is 9.07. The molecule has 2 aromatic carbocycles. The lowest BCUT2D eigenvalue weighted by atomic mass is 10.1. The monoisotopic (exact) mass is 541 g/mol. The van der Waals surface area contributed by atoms with Crippen molar-refractivity contribution in [1.29, 1.82) is 0 Å². The van der Waals surface area contributed by atoms with Gasteiger partial charge in [0.25, 0.3) is 0 Å². The summed E-state index contributed by atoms with van der Waals surface area (Å²) in [6, 6.07) is 12.3. The van der Waals surface area contributed by atoms with Crippen LogP contribution in [0.5, 0.6) is 0 Å². The van der Waals surface area contributed by atoms with Gasteiger partial charge in [0.15, 0.2) is 0 Å². The zero-order chi connectivity index (χ0) is 27.8. The van der Waals surface area contributed by atoms with Gasteiger partial charge >= 0.3 is 6.18 Å². The first-order valence-electron chi connectivity index (χ1n) is 12.0. The molecule has 11 heteroatoms. The molecule has 2 aromatic rings. The van der Waals surface area contributed by atoms with Crippen molar-refractivity contribution in [2.45, 2.75) is 64.8 Å². The molecular weight excluding hydrogens is 507 g/mol. The van der Waals surface area contributed by atoms with E-state index in [-0.39, 0.29) is 49.5 Å². The van der Waals surface area contributed by atoms with E-state index in [1.165, 1.54) is 11.0 Å². The van der Waals surface area contributed by atoms with Crippen molar-refractivity contribution in [2.24, 2.45) is 0 Å². The molecule has 0 aliphatic carbocycles. The van der Waals surface area contributed by atoms with Crippen molar-refractivity contribution in [1.82, 2.24) is 10.2 Å². The number of hydrogen-bond acceptors (Lipinski definition) is 4. The van der Waals surface area contributed by atoms with Gasteiger partial charge in [0.2, 0.25) is 21.8 Å². The van der Waals surface area contributed by atoms with E-state index in [4.69, 9.17) is 0 Å². The minimum atomic E-state index is -4.63. The zero-order valence-corrected chi connectivity index (χ0v) is 22.3. The first kappa shape index (κ1) is 30.1. The maximum Gasteiger partial charge on any atom is 0.416 e. The van der Waals surface area contributed by atoms with Gasteiger partial charge in [-0.2, -0.15) is 13.2 Å². The fraction of sp³-hybridized carbons (Fsp3) is 0.462. The lowest BCUT2D eigenvalue weighted by Gasteiger charge is -2.30. The van der Waals surface area contributed by atoms with Crippen molar-refractivity contribution >= 4 is 27.5 Å². The van der Waals surface area contributed by atoms with Gasteiger partial charge in [-0.3, -0.25) is 13.9 Å². The van der Waals surface area contributed by atoms with Crippen LogP contribution < -0.4 is 9.62 Å². The molecule has 37 heavy (non-hydrogen) atoms. The normalized spacial score (nSPS) is 13.5. The quantitative estimate of drug-likeness (QED) is 0.426. The van der Waals surface area contributed by atoms with Gasteiger partial charge in [0.05, 0.1) is 17.5 Å². The Labute approximate surface area is 216 Å². The van der Waals surface area contributed by atoms with Gasteiger partial charge in [-0.05, 0) is 50.5 Å². The minimum absolute atomic E-state index is 0.0488. The fourth-order valence-electron chi connectivity index (χ4n) is 3.67. The molecule has 0 aromatic heterocycles. The molecular formula is C26H34F3N3O4S. The Morgan fingerprint density at radius 1 is 1.03 bits per heavy atom. The molecule has 0 radical (unpaired) electrons. The average Bonchev–Trinajstić information content (AvgIpc) is 2.83. The predicted molar refractivity (Wildman–Crippen MR) is 137 cm³/mol. The number of halogens is 3. The van der Waals surface area contributed by atoms with E-state index in [9.17, 15) is 31.2 Å². The number of alkyl halides is 3. The molecule has 2 rings (SSSR count). The average molecular weight is 542 g/mol. The van der Waals surface area contributed by atoms with Crippen LogP contribution in [0.3, 0.4) is 0 Å². The lowest BCUT2D eigenvalue weighted by molar-refractivity contribution is -0.140. The number of carbonyl (C=O) groups excluding carboxylic acids is 2. The van der Waals surface area contributed by atoms with Gasteiger partial charge in [-0.15, -0.1) is 0 Å². The third-order valence-electron chi connectivity index (χ3n) is 5.98. The molecule has 0 fully saturated rings. The molecule has 2 amide bonds. The second kappa shape index (κ2) is 12.9. The summed E-state index contributed by atoms with van der Waals surface area (Å²) in [5.41, 5.74) is -0.280. The smallest absolute Gasteiger partial charge is 0.352 e. The largest absolute Gasteiger partial charge is 0.416 e. The van der Waals surface area contributed by atoms with Crippen molar-refractivity contribution in [3.05, 3.63) is 65.7 Å². The Morgan fingerprint density at radius 2 is 1.68 bits per heavy atom. The Morgan fingerprint density at radius 3 is 2.24 bits per heavy atom. The van der Waals surface area contributed by atoms with Crippen LogP contribution >= 0.6 is 0 Å². The Hall–Kier alpha value is -3.08. The van der Waals surface area contributed by atoms with Crippen LogP contribution in [0, 0.1) is 0 Å². The van der Waals surface area contributed by atoms with Gasteiger partial charge in [0, 0.05) is 25.6 Å². The highest BCUT2D eigenvalue weighted by Crippen LogP contribution is 2.32. The number of nitrogens with zero attached hydrogens (tertiary/aromatic N) is 2. The molecule has 0 aliphatic rings. The van der Waals surface area contributed by atoms with Crippen molar-refractivity contribution in [3.8, 4) is 0 Å². The highest BCUT2D eigenvalue weighted by Gasteiger charge is 2.32. The van der Waals surface area contributed by atoms with E-state index in [2.05, 4.69) is 5.32 Å².